The average molecular weight is 526 g/mol. The van der Waals surface area contributed by atoms with Crippen LogP contribution in [0, 0.1) is 0 Å². The monoisotopic (exact) mass is 525 g/mol. The molecule has 7 nitrogen and oxygen atoms in total. The van der Waals surface area contributed by atoms with E-state index in [1.54, 1.807) is 66.7 Å². The Morgan fingerprint density at radius 2 is 1.50 bits per heavy atom. The molecule has 4 rings (SSSR count). The Labute approximate surface area is 216 Å². The van der Waals surface area contributed by atoms with Crippen LogP contribution < -0.4 is 14.9 Å². The van der Waals surface area contributed by atoms with Gasteiger partial charge in [0.15, 0.2) is 0 Å². The van der Waals surface area contributed by atoms with Crippen molar-refractivity contribution in [2.24, 2.45) is 0 Å². The van der Waals surface area contributed by atoms with E-state index in [-0.39, 0.29) is 16.8 Å². The second-order valence-corrected chi connectivity index (χ2v) is 11.0. The lowest BCUT2D eigenvalue weighted by atomic mass is 9.95. The molecule has 9 heteroatoms. The van der Waals surface area contributed by atoms with E-state index in [1.165, 1.54) is 18.6 Å². The molecule has 2 amide bonds. The number of nitrogens with one attached hydrogen (secondary N) is 2. The topological polar surface area (TPSA) is 95.6 Å². The molecule has 0 bridgehead atoms. The summed E-state index contributed by atoms with van der Waals surface area (Å²) in [6, 6.07) is 20.9. The summed E-state index contributed by atoms with van der Waals surface area (Å²) in [5, 5.41) is 6.23. The van der Waals surface area contributed by atoms with Crippen LogP contribution in [0.1, 0.15) is 42.5 Å². The highest BCUT2D eigenvalue weighted by Gasteiger charge is 2.28. The van der Waals surface area contributed by atoms with Gasteiger partial charge in [-0.15, -0.1) is 0 Å². The summed E-state index contributed by atoms with van der Waals surface area (Å²) >= 11 is 5.99. The Morgan fingerprint density at radius 3 is 2.19 bits per heavy atom. The number of halogens is 1. The molecular formula is C27H28ClN3O4S. The second-order valence-electron chi connectivity index (χ2n) is 8.70. The Morgan fingerprint density at radius 1 is 0.861 bits per heavy atom. The zero-order chi connectivity index (χ0) is 25.5. The van der Waals surface area contributed by atoms with Crippen LogP contribution in [0.5, 0.6) is 0 Å². The van der Waals surface area contributed by atoms with Crippen molar-refractivity contribution in [1.82, 2.24) is 5.32 Å². The molecule has 1 saturated carbocycles. The second kappa shape index (κ2) is 11.6. The molecule has 0 spiro atoms. The smallest absolute Gasteiger partial charge is 0.264 e. The number of hydrogen-bond donors (Lipinski definition) is 2. The standard InChI is InChI=1S/C27H28ClN3O4S/c28-20-15-17-22(18-16-20)31(36(34,35)23-11-5-2-6-12-23)19-26(32)30-25-14-8-7-13-24(25)27(33)29-21-9-3-1-4-10-21/h2,5-8,11-18,21H,1,3-4,9-10,19H2,(H,29,33)(H,30,32). The van der Waals surface area contributed by atoms with Crippen molar-refractivity contribution in [3.05, 3.63) is 89.4 Å². The maximum absolute atomic E-state index is 13.5. The summed E-state index contributed by atoms with van der Waals surface area (Å²) in [5.74, 6) is -0.841. The molecule has 0 unspecified atom stereocenters. The summed E-state index contributed by atoms with van der Waals surface area (Å²) in [6.07, 6.45) is 5.22. The van der Waals surface area contributed by atoms with Crippen molar-refractivity contribution < 1.29 is 18.0 Å². The molecule has 0 saturated heterocycles. The van der Waals surface area contributed by atoms with Crippen LogP contribution in [0.25, 0.3) is 0 Å². The minimum absolute atomic E-state index is 0.0556. The summed E-state index contributed by atoms with van der Waals surface area (Å²) < 4.78 is 27.9. The summed E-state index contributed by atoms with van der Waals surface area (Å²) in [5.41, 5.74) is 0.950. The first-order valence-electron chi connectivity index (χ1n) is 11.9. The molecule has 0 aliphatic heterocycles. The van der Waals surface area contributed by atoms with Crippen molar-refractivity contribution in [3.8, 4) is 0 Å². The average Bonchev–Trinajstić information content (AvgIpc) is 2.89. The van der Waals surface area contributed by atoms with Crippen molar-refractivity contribution >= 4 is 44.8 Å². The van der Waals surface area contributed by atoms with Gasteiger partial charge in [-0.25, -0.2) is 8.42 Å². The lowest BCUT2D eigenvalue weighted by Crippen LogP contribution is -2.39. The normalized spacial score (nSPS) is 14.1. The van der Waals surface area contributed by atoms with Crippen LogP contribution in [-0.2, 0) is 14.8 Å². The molecule has 0 radical (unpaired) electrons. The number of rotatable bonds is 8. The molecule has 0 aromatic heterocycles. The van der Waals surface area contributed by atoms with Crippen LogP contribution in [0.3, 0.4) is 0 Å². The SMILES string of the molecule is O=C(CN(c1ccc(Cl)cc1)S(=O)(=O)c1ccccc1)Nc1ccccc1C(=O)NC1CCCCC1. The van der Waals surface area contributed by atoms with Crippen molar-refractivity contribution in [3.63, 3.8) is 0 Å². The highest BCUT2D eigenvalue weighted by atomic mass is 35.5. The Kier molecular flexibility index (Phi) is 8.28. The highest BCUT2D eigenvalue weighted by Crippen LogP contribution is 2.26. The fraction of sp³-hybridized carbons (Fsp3) is 0.259. The summed E-state index contributed by atoms with van der Waals surface area (Å²) in [4.78, 5) is 26.1. The fourth-order valence-electron chi connectivity index (χ4n) is 4.26. The first-order valence-corrected chi connectivity index (χ1v) is 13.7. The van der Waals surface area contributed by atoms with Crippen LogP contribution in [0.15, 0.2) is 83.8 Å². The Hall–Kier alpha value is -3.36. The lowest BCUT2D eigenvalue weighted by Gasteiger charge is -2.25. The largest absolute Gasteiger partial charge is 0.349 e. The molecular weight excluding hydrogens is 498 g/mol. The minimum Gasteiger partial charge on any atom is -0.349 e. The maximum Gasteiger partial charge on any atom is 0.264 e. The van der Waals surface area contributed by atoms with Gasteiger partial charge in [0, 0.05) is 11.1 Å². The van der Waals surface area contributed by atoms with Crippen molar-refractivity contribution in [2.75, 3.05) is 16.2 Å². The number of anilines is 2. The predicted molar refractivity (Wildman–Crippen MR) is 142 cm³/mol. The Balaban J connectivity index is 1.56. The van der Waals surface area contributed by atoms with E-state index in [2.05, 4.69) is 10.6 Å². The quantitative estimate of drug-likeness (QED) is 0.420. The number of nitrogens with zero attached hydrogens (tertiary/aromatic N) is 1. The number of carbonyl (C=O) groups is 2. The molecule has 1 aliphatic rings. The van der Waals surface area contributed by atoms with Gasteiger partial charge in [0.1, 0.15) is 6.54 Å². The minimum atomic E-state index is -4.05. The van der Waals surface area contributed by atoms with E-state index in [4.69, 9.17) is 11.6 Å². The lowest BCUT2D eigenvalue weighted by molar-refractivity contribution is -0.114. The number of amides is 2. The number of carbonyl (C=O) groups excluding carboxylic acids is 2. The molecule has 0 atom stereocenters. The van der Waals surface area contributed by atoms with Gasteiger partial charge in [-0.2, -0.15) is 0 Å². The molecule has 1 fully saturated rings. The third kappa shape index (κ3) is 6.25. The van der Waals surface area contributed by atoms with Gasteiger partial charge in [-0.1, -0.05) is 61.2 Å². The zero-order valence-electron chi connectivity index (χ0n) is 19.7. The van der Waals surface area contributed by atoms with Gasteiger partial charge in [-0.05, 0) is 61.4 Å². The fourth-order valence-corrected chi connectivity index (χ4v) is 5.83. The molecule has 3 aromatic rings. The van der Waals surface area contributed by atoms with Gasteiger partial charge in [-0.3, -0.25) is 13.9 Å². The number of hydrogen-bond acceptors (Lipinski definition) is 4. The maximum atomic E-state index is 13.5. The molecule has 188 valence electrons. The van der Waals surface area contributed by atoms with E-state index in [0.717, 1.165) is 30.0 Å². The van der Waals surface area contributed by atoms with Gasteiger partial charge in [0.05, 0.1) is 21.8 Å². The Bertz CT molecular complexity index is 1310. The van der Waals surface area contributed by atoms with Crippen LogP contribution >= 0.6 is 11.6 Å². The number of sulfonamides is 1. The highest BCUT2D eigenvalue weighted by molar-refractivity contribution is 7.92. The van der Waals surface area contributed by atoms with Gasteiger partial charge in [0.25, 0.3) is 15.9 Å². The molecule has 36 heavy (non-hydrogen) atoms. The van der Waals surface area contributed by atoms with E-state index in [9.17, 15) is 18.0 Å². The molecule has 2 N–H and O–H groups in total. The van der Waals surface area contributed by atoms with Gasteiger partial charge < -0.3 is 10.6 Å². The molecule has 3 aromatic carbocycles. The zero-order valence-corrected chi connectivity index (χ0v) is 21.3. The van der Waals surface area contributed by atoms with Gasteiger partial charge in [0.2, 0.25) is 5.91 Å². The summed E-state index contributed by atoms with van der Waals surface area (Å²) in [7, 11) is -4.05. The van der Waals surface area contributed by atoms with Crippen LogP contribution in [0.4, 0.5) is 11.4 Å². The van der Waals surface area contributed by atoms with Crippen molar-refractivity contribution in [1.29, 1.82) is 0 Å². The van der Waals surface area contributed by atoms with E-state index in [0.29, 0.717) is 22.0 Å². The van der Waals surface area contributed by atoms with Crippen LogP contribution in [-0.4, -0.2) is 32.8 Å². The van der Waals surface area contributed by atoms with E-state index in [1.807, 2.05) is 0 Å². The van der Waals surface area contributed by atoms with Gasteiger partial charge >= 0.3 is 0 Å². The number of para-hydroxylation sites is 1. The molecule has 1 aliphatic carbocycles. The van der Waals surface area contributed by atoms with E-state index < -0.39 is 22.5 Å². The third-order valence-corrected chi connectivity index (χ3v) is 8.16. The summed E-state index contributed by atoms with van der Waals surface area (Å²) in [6.45, 7) is -0.489. The molecule has 0 heterocycles. The number of benzene rings is 3. The van der Waals surface area contributed by atoms with Crippen molar-refractivity contribution in [2.45, 2.75) is 43.0 Å². The first kappa shape index (κ1) is 25.7. The third-order valence-electron chi connectivity index (χ3n) is 6.12. The van der Waals surface area contributed by atoms with Crippen LogP contribution in [0.2, 0.25) is 5.02 Å². The van der Waals surface area contributed by atoms with E-state index >= 15 is 0 Å². The first-order chi connectivity index (χ1) is 17.3. The predicted octanol–water partition coefficient (Wildman–Crippen LogP) is 5.24.